The van der Waals surface area contributed by atoms with Gasteiger partial charge in [0.2, 0.25) is 0 Å². The van der Waals surface area contributed by atoms with Crippen LogP contribution in [0.15, 0.2) is 42.5 Å². The maximum Gasteiger partial charge on any atom is 0.115 e. The fraction of sp³-hybridized carbons (Fsp3) is 0.316. The van der Waals surface area contributed by atoms with E-state index in [0.717, 1.165) is 16.7 Å². The molecule has 2 aromatic rings. The van der Waals surface area contributed by atoms with Crippen molar-refractivity contribution in [2.45, 2.75) is 37.6 Å². The Labute approximate surface area is 146 Å². The van der Waals surface area contributed by atoms with E-state index in [4.69, 9.17) is 21.7 Å². The second kappa shape index (κ2) is 7.34. The third-order valence-corrected chi connectivity index (χ3v) is 4.66. The Hall–Kier alpha value is -1.88. The van der Waals surface area contributed by atoms with Gasteiger partial charge in [0.1, 0.15) is 5.75 Å². The summed E-state index contributed by atoms with van der Waals surface area (Å²) in [4.78, 5) is 0. The molecule has 0 spiro atoms. The molecule has 4 nitrogen and oxygen atoms in total. The molecular formula is C19H20ClNO3. The van der Waals surface area contributed by atoms with Gasteiger partial charge in [0.25, 0.3) is 0 Å². The molecule has 1 fully saturated rings. The zero-order valence-electron chi connectivity index (χ0n) is 13.2. The molecule has 0 amide bonds. The summed E-state index contributed by atoms with van der Waals surface area (Å²) < 4.78 is 5.87. The molecule has 0 aliphatic carbocycles. The number of ether oxygens (including phenoxy) is 1. The summed E-state index contributed by atoms with van der Waals surface area (Å²) >= 11 is 6.33. The number of aliphatic hydroxyl groups excluding tert-OH is 1. The minimum Gasteiger partial charge on any atom is -0.508 e. The predicted octanol–water partition coefficient (Wildman–Crippen LogP) is 3.87. The van der Waals surface area contributed by atoms with Crippen molar-refractivity contribution >= 4 is 17.8 Å². The first-order chi connectivity index (χ1) is 11.5. The summed E-state index contributed by atoms with van der Waals surface area (Å²) in [7, 11) is 0. The van der Waals surface area contributed by atoms with E-state index in [9.17, 15) is 10.2 Å². The molecule has 0 saturated carbocycles. The number of nitrogens with one attached hydrogen (secondary N) is 1. The van der Waals surface area contributed by atoms with Gasteiger partial charge in [-0.15, -0.1) is 0 Å². The molecule has 1 heterocycles. The molecule has 126 valence electrons. The minimum absolute atomic E-state index is 0.237. The van der Waals surface area contributed by atoms with Gasteiger partial charge >= 0.3 is 0 Å². The second-order valence-electron chi connectivity index (χ2n) is 6.15. The molecule has 0 aromatic heterocycles. The van der Waals surface area contributed by atoms with Crippen LogP contribution in [0.4, 0.5) is 0 Å². The van der Waals surface area contributed by atoms with Gasteiger partial charge in [-0.3, -0.25) is 0 Å². The molecule has 5 heteroatoms. The van der Waals surface area contributed by atoms with Gasteiger partial charge < -0.3 is 20.4 Å². The zero-order chi connectivity index (χ0) is 17.1. The predicted molar refractivity (Wildman–Crippen MR) is 94.0 cm³/mol. The standard InChI is InChI=1S/C19H20ClNO3/c20-18-6-3-13(19-10-16(23)9-17(11-21)24-19)8-14(18)7-12-1-4-15(22)5-2-12/h1-6,8,11,16-17,19,21-23H,7,9-10H2. The second-order valence-corrected chi connectivity index (χ2v) is 6.56. The first kappa shape index (κ1) is 17.0. The largest absolute Gasteiger partial charge is 0.508 e. The Bertz CT molecular complexity index is 717. The van der Waals surface area contributed by atoms with Crippen LogP contribution in [0, 0.1) is 5.41 Å². The van der Waals surface area contributed by atoms with Crippen LogP contribution in [0.25, 0.3) is 0 Å². The van der Waals surface area contributed by atoms with Crippen LogP contribution in [-0.2, 0) is 11.2 Å². The van der Waals surface area contributed by atoms with Crippen molar-refractivity contribution < 1.29 is 14.9 Å². The third-order valence-electron chi connectivity index (χ3n) is 4.29. The third kappa shape index (κ3) is 3.96. The van der Waals surface area contributed by atoms with E-state index in [1.54, 1.807) is 12.1 Å². The first-order valence-electron chi connectivity index (χ1n) is 7.95. The molecule has 1 aliphatic rings. The number of rotatable bonds is 4. The Morgan fingerprint density at radius 1 is 1.17 bits per heavy atom. The average molecular weight is 346 g/mol. The van der Waals surface area contributed by atoms with Gasteiger partial charge in [0, 0.05) is 24.1 Å². The van der Waals surface area contributed by atoms with Gasteiger partial charge in [-0.1, -0.05) is 35.9 Å². The molecule has 1 aliphatic heterocycles. The van der Waals surface area contributed by atoms with Crippen LogP contribution < -0.4 is 0 Å². The summed E-state index contributed by atoms with van der Waals surface area (Å²) in [5.41, 5.74) is 2.97. The highest BCUT2D eigenvalue weighted by atomic mass is 35.5. The van der Waals surface area contributed by atoms with E-state index in [-0.39, 0.29) is 18.0 Å². The van der Waals surface area contributed by atoms with Crippen LogP contribution in [0.1, 0.15) is 35.6 Å². The van der Waals surface area contributed by atoms with Crippen molar-refractivity contribution in [2.75, 3.05) is 0 Å². The molecule has 3 atom stereocenters. The summed E-state index contributed by atoms with van der Waals surface area (Å²) in [6.07, 6.45) is 1.81. The molecule has 2 aromatic carbocycles. The fourth-order valence-electron chi connectivity index (χ4n) is 3.02. The SMILES string of the molecule is N=CC1CC(O)CC(c2ccc(Cl)c(Cc3ccc(O)cc3)c2)O1. The number of phenols is 1. The number of aliphatic hydroxyl groups is 1. The van der Waals surface area contributed by atoms with Crippen molar-refractivity contribution in [3.05, 3.63) is 64.2 Å². The summed E-state index contributed by atoms with van der Waals surface area (Å²) in [6, 6.07) is 12.8. The van der Waals surface area contributed by atoms with Gasteiger partial charge in [0.15, 0.2) is 0 Å². The van der Waals surface area contributed by atoms with E-state index < -0.39 is 6.10 Å². The Kier molecular flexibility index (Phi) is 5.19. The van der Waals surface area contributed by atoms with E-state index >= 15 is 0 Å². The highest BCUT2D eigenvalue weighted by molar-refractivity contribution is 6.31. The quantitative estimate of drug-likeness (QED) is 0.736. The molecule has 24 heavy (non-hydrogen) atoms. The van der Waals surface area contributed by atoms with Crippen LogP contribution in [0.2, 0.25) is 5.02 Å². The zero-order valence-corrected chi connectivity index (χ0v) is 13.9. The van der Waals surface area contributed by atoms with Crippen molar-refractivity contribution in [3.8, 4) is 5.75 Å². The molecule has 3 rings (SSSR count). The smallest absolute Gasteiger partial charge is 0.115 e. The Morgan fingerprint density at radius 2 is 1.92 bits per heavy atom. The normalized spacial score (nSPS) is 23.8. The lowest BCUT2D eigenvalue weighted by Crippen LogP contribution is -2.32. The lowest BCUT2D eigenvalue weighted by Gasteiger charge is -2.31. The monoisotopic (exact) mass is 345 g/mol. The van der Waals surface area contributed by atoms with Crippen LogP contribution >= 0.6 is 11.6 Å². The van der Waals surface area contributed by atoms with E-state index in [2.05, 4.69) is 0 Å². The van der Waals surface area contributed by atoms with Gasteiger partial charge in [-0.2, -0.15) is 0 Å². The highest BCUT2D eigenvalue weighted by Gasteiger charge is 2.28. The maximum atomic E-state index is 9.99. The number of benzene rings is 2. The number of hydrogen-bond acceptors (Lipinski definition) is 4. The van der Waals surface area contributed by atoms with Crippen molar-refractivity contribution in [1.82, 2.24) is 0 Å². The number of halogens is 1. The summed E-state index contributed by atoms with van der Waals surface area (Å²) in [6.45, 7) is 0. The number of phenolic OH excluding ortho intramolecular Hbond substituents is 1. The molecule has 3 N–H and O–H groups in total. The summed E-state index contributed by atoms with van der Waals surface area (Å²) in [5, 5.41) is 27.4. The average Bonchev–Trinajstić information content (AvgIpc) is 2.58. The van der Waals surface area contributed by atoms with Crippen LogP contribution in [-0.4, -0.2) is 28.6 Å². The first-order valence-corrected chi connectivity index (χ1v) is 8.33. The van der Waals surface area contributed by atoms with Crippen LogP contribution in [0.5, 0.6) is 5.75 Å². The Morgan fingerprint density at radius 3 is 2.62 bits per heavy atom. The lowest BCUT2D eigenvalue weighted by atomic mass is 9.94. The molecular weight excluding hydrogens is 326 g/mol. The van der Waals surface area contributed by atoms with E-state index in [1.165, 1.54) is 6.21 Å². The molecule has 3 unspecified atom stereocenters. The van der Waals surface area contributed by atoms with Crippen LogP contribution in [0.3, 0.4) is 0 Å². The summed E-state index contributed by atoms with van der Waals surface area (Å²) in [5.74, 6) is 0.237. The van der Waals surface area contributed by atoms with Crippen molar-refractivity contribution in [1.29, 1.82) is 5.41 Å². The molecule has 0 bridgehead atoms. The topological polar surface area (TPSA) is 73.5 Å². The Balaban J connectivity index is 1.83. The number of hydrogen-bond donors (Lipinski definition) is 3. The fourth-order valence-corrected chi connectivity index (χ4v) is 3.20. The van der Waals surface area contributed by atoms with Crippen molar-refractivity contribution in [2.24, 2.45) is 0 Å². The molecule has 1 saturated heterocycles. The van der Waals surface area contributed by atoms with Gasteiger partial charge in [-0.05, 0) is 41.3 Å². The van der Waals surface area contributed by atoms with E-state index in [0.29, 0.717) is 24.3 Å². The van der Waals surface area contributed by atoms with Gasteiger partial charge in [0.05, 0.1) is 18.3 Å². The lowest BCUT2D eigenvalue weighted by molar-refractivity contribution is -0.0682. The van der Waals surface area contributed by atoms with Gasteiger partial charge in [-0.25, -0.2) is 0 Å². The highest BCUT2D eigenvalue weighted by Crippen LogP contribution is 2.33. The van der Waals surface area contributed by atoms with E-state index in [1.807, 2.05) is 30.3 Å². The maximum absolute atomic E-state index is 9.99. The van der Waals surface area contributed by atoms with Crippen molar-refractivity contribution in [3.63, 3.8) is 0 Å². The number of aromatic hydroxyl groups is 1. The molecule has 0 radical (unpaired) electrons. The minimum atomic E-state index is -0.466.